The smallest absolute Gasteiger partial charge is 0.237 e. The highest BCUT2D eigenvalue weighted by Crippen LogP contribution is 2.21. The second-order valence-corrected chi connectivity index (χ2v) is 5.27. The molecule has 0 atom stereocenters. The summed E-state index contributed by atoms with van der Waals surface area (Å²) in [5.41, 5.74) is 1.45. The van der Waals surface area contributed by atoms with E-state index in [9.17, 15) is 5.11 Å². The normalized spacial score (nSPS) is 13.6. The minimum atomic E-state index is 0.0182. The predicted octanol–water partition coefficient (Wildman–Crippen LogP) is 1.89. The van der Waals surface area contributed by atoms with Crippen LogP contribution < -0.4 is 10.4 Å². The maximum absolute atomic E-state index is 9.78. The molecule has 1 aliphatic heterocycles. The van der Waals surface area contributed by atoms with Gasteiger partial charge < -0.3 is 10.1 Å². The molecule has 1 aliphatic rings. The molecule has 0 saturated heterocycles. The number of hydrogen-bond acceptors (Lipinski definition) is 5. The summed E-state index contributed by atoms with van der Waals surface area (Å²) < 4.78 is 0. The van der Waals surface area contributed by atoms with Crippen molar-refractivity contribution >= 4 is 29.7 Å². The fourth-order valence-corrected chi connectivity index (χ4v) is 2.43. The number of nitrogens with zero attached hydrogens (tertiary/aromatic N) is 3. The van der Waals surface area contributed by atoms with Gasteiger partial charge in [-0.15, -0.1) is 0 Å². The maximum atomic E-state index is 9.78. The van der Waals surface area contributed by atoms with Crippen LogP contribution in [0.5, 0.6) is 5.88 Å². The molecule has 1 aromatic heterocycles. The Hall–Kier alpha value is -2.08. The topological polar surface area (TPSA) is 73.6 Å². The first-order chi connectivity index (χ1) is 9.26. The Morgan fingerprint density at radius 1 is 1.42 bits per heavy atom. The predicted molar refractivity (Wildman–Crippen MR) is 74.9 cm³/mol. The van der Waals surface area contributed by atoms with Crippen molar-refractivity contribution in [3.63, 3.8) is 0 Å². The van der Waals surface area contributed by atoms with E-state index in [0.29, 0.717) is 5.69 Å². The van der Waals surface area contributed by atoms with E-state index in [1.54, 1.807) is 18.0 Å². The minimum absolute atomic E-state index is 0.0182. The number of thioether (sulfide) groups is 1. The Kier molecular flexibility index (Phi) is 3.08. The summed E-state index contributed by atoms with van der Waals surface area (Å²) in [6.07, 6.45) is 3.57. The van der Waals surface area contributed by atoms with Crippen LogP contribution >= 0.6 is 11.8 Å². The molecule has 0 spiro atoms. The van der Waals surface area contributed by atoms with Crippen molar-refractivity contribution in [1.29, 1.82) is 0 Å². The molecule has 2 heterocycles. The van der Waals surface area contributed by atoms with E-state index in [-0.39, 0.29) is 5.88 Å². The van der Waals surface area contributed by atoms with Gasteiger partial charge in [-0.2, -0.15) is 15.2 Å². The van der Waals surface area contributed by atoms with E-state index in [4.69, 9.17) is 0 Å². The maximum Gasteiger partial charge on any atom is 0.237 e. The first kappa shape index (κ1) is 12.0. The molecular weight excluding hydrogens is 260 g/mol. The minimum Gasteiger partial charge on any atom is -0.492 e. The number of aromatic amines is 1. The summed E-state index contributed by atoms with van der Waals surface area (Å²) >= 11 is 1.56. The molecule has 2 aromatic rings. The van der Waals surface area contributed by atoms with Gasteiger partial charge in [-0.05, 0) is 23.1 Å². The van der Waals surface area contributed by atoms with Crippen LogP contribution in [0, 0.1) is 0 Å². The van der Waals surface area contributed by atoms with Crippen LogP contribution in [0.1, 0.15) is 12.6 Å². The number of rotatable bonds is 3. The fourth-order valence-electron chi connectivity index (χ4n) is 1.83. The third-order valence-corrected chi connectivity index (χ3v) is 3.45. The van der Waals surface area contributed by atoms with E-state index < -0.39 is 0 Å². The van der Waals surface area contributed by atoms with Crippen molar-refractivity contribution in [2.45, 2.75) is 12.1 Å². The number of fused-ring (bicyclic) bond motifs is 1. The van der Waals surface area contributed by atoms with Gasteiger partial charge in [0.05, 0.1) is 11.9 Å². The molecule has 6 heteroatoms. The standard InChI is InChI=1S/C13H12N4OS/c1-2-19-13-15-11(12(18)16-13)6-8-3-4-9-7-14-17-10(9)5-8/h3-7,18H,2H2,1H3,(H,15,16)/b8-6+. The van der Waals surface area contributed by atoms with Gasteiger partial charge in [0.15, 0.2) is 5.16 Å². The number of aromatic hydroxyl groups is 1. The van der Waals surface area contributed by atoms with Crippen LogP contribution in [0.2, 0.25) is 0 Å². The number of H-pyrrole nitrogens is 1. The first-order valence-corrected chi connectivity index (χ1v) is 6.89. The zero-order valence-electron chi connectivity index (χ0n) is 10.3. The highest BCUT2D eigenvalue weighted by atomic mass is 32.2. The molecule has 0 aliphatic carbocycles. The van der Waals surface area contributed by atoms with Gasteiger partial charge in [-0.25, -0.2) is 0 Å². The molecule has 0 bridgehead atoms. The SMILES string of the molecule is CCSc1nc(O)c(/C=c2\ccc3c(c2)N=NC=3)[nH]1. The molecule has 0 fully saturated rings. The van der Waals surface area contributed by atoms with Gasteiger partial charge in [0, 0.05) is 5.22 Å². The molecule has 0 amide bonds. The molecule has 2 N–H and O–H groups in total. The largest absolute Gasteiger partial charge is 0.492 e. The van der Waals surface area contributed by atoms with E-state index >= 15 is 0 Å². The van der Waals surface area contributed by atoms with Crippen molar-refractivity contribution < 1.29 is 5.11 Å². The molecule has 3 rings (SSSR count). The summed E-state index contributed by atoms with van der Waals surface area (Å²) in [4.78, 5) is 7.14. The lowest BCUT2D eigenvalue weighted by Gasteiger charge is -1.91. The van der Waals surface area contributed by atoms with Crippen molar-refractivity contribution in [1.82, 2.24) is 9.97 Å². The van der Waals surface area contributed by atoms with E-state index in [0.717, 1.165) is 27.0 Å². The van der Waals surface area contributed by atoms with Crippen LogP contribution in [0.3, 0.4) is 0 Å². The third kappa shape index (κ3) is 2.39. The summed E-state index contributed by atoms with van der Waals surface area (Å²) in [6, 6.07) is 5.84. The van der Waals surface area contributed by atoms with Gasteiger partial charge in [0.1, 0.15) is 5.69 Å². The lowest BCUT2D eigenvalue weighted by atomic mass is 10.2. The lowest BCUT2D eigenvalue weighted by Crippen LogP contribution is -2.06. The Labute approximate surface area is 113 Å². The first-order valence-electron chi connectivity index (χ1n) is 5.91. The summed E-state index contributed by atoms with van der Waals surface area (Å²) in [6.45, 7) is 2.04. The van der Waals surface area contributed by atoms with E-state index in [2.05, 4.69) is 20.2 Å². The Balaban J connectivity index is 2.02. The summed E-state index contributed by atoms with van der Waals surface area (Å²) in [5.74, 6) is 0.922. The number of nitrogens with one attached hydrogen (secondary N) is 1. The van der Waals surface area contributed by atoms with Crippen LogP contribution in [-0.4, -0.2) is 20.8 Å². The van der Waals surface area contributed by atoms with Gasteiger partial charge in [-0.1, -0.05) is 30.8 Å². The summed E-state index contributed by atoms with van der Waals surface area (Å²) in [5, 5.41) is 20.3. The average molecular weight is 272 g/mol. The number of benzene rings is 1. The van der Waals surface area contributed by atoms with E-state index in [1.807, 2.05) is 31.2 Å². The zero-order valence-corrected chi connectivity index (χ0v) is 11.1. The Morgan fingerprint density at radius 3 is 3.16 bits per heavy atom. The molecule has 96 valence electrons. The van der Waals surface area contributed by atoms with Crippen molar-refractivity contribution in [3.8, 4) is 5.88 Å². The van der Waals surface area contributed by atoms with Gasteiger partial charge in [-0.3, -0.25) is 0 Å². The lowest BCUT2D eigenvalue weighted by molar-refractivity contribution is 0.453. The molecule has 5 nitrogen and oxygen atoms in total. The van der Waals surface area contributed by atoms with Crippen molar-refractivity contribution in [2.24, 2.45) is 10.2 Å². The number of imidazole rings is 1. The quantitative estimate of drug-likeness (QED) is 0.838. The van der Waals surface area contributed by atoms with Gasteiger partial charge in [0.25, 0.3) is 0 Å². The average Bonchev–Trinajstić information content (AvgIpc) is 2.97. The third-order valence-electron chi connectivity index (χ3n) is 2.70. The summed E-state index contributed by atoms with van der Waals surface area (Å²) in [7, 11) is 0. The van der Waals surface area contributed by atoms with Gasteiger partial charge in [0.2, 0.25) is 5.88 Å². The molecule has 19 heavy (non-hydrogen) atoms. The van der Waals surface area contributed by atoms with Crippen LogP contribution in [0.15, 0.2) is 33.6 Å². The monoisotopic (exact) mass is 272 g/mol. The fraction of sp³-hybridized carbons (Fsp3) is 0.154. The zero-order chi connectivity index (χ0) is 13.2. The van der Waals surface area contributed by atoms with Crippen molar-refractivity contribution in [2.75, 3.05) is 5.75 Å². The van der Waals surface area contributed by atoms with Crippen LogP contribution in [-0.2, 0) is 0 Å². The molecular formula is C13H12N4OS. The molecule has 0 radical (unpaired) electrons. The highest BCUT2D eigenvalue weighted by molar-refractivity contribution is 7.99. The van der Waals surface area contributed by atoms with Crippen molar-refractivity contribution in [3.05, 3.63) is 34.3 Å². The highest BCUT2D eigenvalue weighted by Gasteiger charge is 2.06. The number of hydrogen-bond donors (Lipinski definition) is 2. The number of azo groups is 1. The molecule has 1 aromatic carbocycles. The van der Waals surface area contributed by atoms with E-state index in [1.165, 1.54) is 0 Å². The second-order valence-electron chi connectivity index (χ2n) is 4.02. The molecule has 0 unspecified atom stereocenters. The van der Waals surface area contributed by atoms with Gasteiger partial charge >= 0.3 is 0 Å². The molecule has 0 saturated carbocycles. The van der Waals surface area contributed by atoms with Crippen LogP contribution in [0.25, 0.3) is 12.3 Å². The Morgan fingerprint density at radius 2 is 2.32 bits per heavy atom. The Bertz CT molecular complexity index is 763. The second kappa shape index (κ2) is 4.89. The number of aromatic nitrogens is 2. The van der Waals surface area contributed by atoms with Crippen LogP contribution in [0.4, 0.5) is 5.69 Å².